The number of amidine groups is 1. The Morgan fingerprint density at radius 1 is 1.39 bits per heavy atom. The number of nitrogens with two attached hydrogens (primary N) is 1. The summed E-state index contributed by atoms with van der Waals surface area (Å²) in [6.45, 7) is 6.09. The second-order valence-electron chi connectivity index (χ2n) is 5.94. The van der Waals surface area contributed by atoms with Crippen molar-refractivity contribution in [3.8, 4) is 0 Å². The third kappa shape index (κ3) is 2.18. The Hall–Kier alpha value is -1.26. The molecular weight excluding hydrogens is 230 g/mol. The first-order valence-electron chi connectivity index (χ1n) is 6.78. The molecule has 1 aliphatic heterocycles. The Morgan fingerprint density at radius 2 is 1.94 bits per heavy atom. The molecule has 5 heteroatoms. The van der Waals surface area contributed by atoms with E-state index in [-0.39, 0.29) is 11.7 Å². The summed E-state index contributed by atoms with van der Waals surface area (Å²) in [6.07, 6.45) is 3.56. The Balaban J connectivity index is 1.96. The van der Waals surface area contributed by atoms with Gasteiger partial charge in [0.05, 0.1) is 0 Å². The van der Waals surface area contributed by atoms with Crippen LogP contribution >= 0.6 is 0 Å². The Labute approximate surface area is 108 Å². The number of oxime groups is 1. The number of hydrogen-bond donors (Lipinski definition) is 2. The average Bonchev–Trinajstić information content (AvgIpc) is 3.18. The fraction of sp³-hybridized carbons (Fsp3) is 0.846. The van der Waals surface area contributed by atoms with Crippen LogP contribution in [0.5, 0.6) is 0 Å². The molecule has 0 aromatic heterocycles. The molecule has 0 spiro atoms. The summed E-state index contributed by atoms with van der Waals surface area (Å²) in [6, 6.07) is 0. The fourth-order valence-corrected chi connectivity index (χ4v) is 2.87. The van der Waals surface area contributed by atoms with E-state index >= 15 is 0 Å². The van der Waals surface area contributed by atoms with Crippen molar-refractivity contribution in [2.24, 2.45) is 28.1 Å². The summed E-state index contributed by atoms with van der Waals surface area (Å²) in [5.74, 6) is 1.53. The van der Waals surface area contributed by atoms with Crippen LogP contribution in [0.1, 0.15) is 39.5 Å². The highest BCUT2D eigenvalue weighted by atomic mass is 16.4. The third-order valence-electron chi connectivity index (χ3n) is 4.53. The molecule has 1 saturated heterocycles. The van der Waals surface area contributed by atoms with Gasteiger partial charge in [-0.25, -0.2) is 0 Å². The van der Waals surface area contributed by atoms with E-state index in [0.29, 0.717) is 24.7 Å². The Bertz CT molecular complexity index is 353. The lowest BCUT2D eigenvalue weighted by molar-refractivity contribution is -0.136. The van der Waals surface area contributed by atoms with Gasteiger partial charge in [0.15, 0.2) is 5.84 Å². The van der Waals surface area contributed by atoms with Gasteiger partial charge in [0, 0.05) is 13.1 Å². The average molecular weight is 253 g/mol. The van der Waals surface area contributed by atoms with Gasteiger partial charge in [0.1, 0.15) is 5.41 Å². The van der Waals surface area contributed by atoms with Gasteiger partial charge in [-0.2, -0.15) is 0 Å². The molecule has 18 heavy (non-hydrogen) atoms. The summed E-state index contributed by atoms with van der Waals surface area (Å²) in [5.41, 5.74) is 4.97. The van der Waals surface area contributed by atoms with Gasteiger partial charge < -0.3 is 15.8 Å². The number of likely N-dealkylation sites (tertiary alicyclic amines) is 1. The normalized spacial score (nSPS) is 24.4. The van der Waals surface area contributed by atoms with E-state index in [1.54, 1.807) is 0 Å². The van der Waals surface area contributed by atoms with Crippen molar-refractivity contribution in [2.45, 2.75) is 39.5 Å². The molecule has 0 aromatic carbocycles. The number of piperidine rings is 1. The summed E-state index contributed by atoms with van der Waals surface area (Å²) < 4.78 is 0. The maximum atomic E-state index is 12.4. The molecule has 3 N–H and O–H groups in total. The molecule has 2 rings (SSSR count). The van der Waals surface area contributed by atoms with E-state index in [1.165, 1.54) is 0 Å². The lowest BCUT2D eigenvalue weighted by Gasteiger charge is -2.35. The summed E-state index contributed by atoms with van der Waals surface area (Å²) >= 11 is 0. The molecule has 2 fully saturated rings. The van der Waals surface area contributed by atoms with Crippen molar-refractivity contribution in [2.75, 3.05) is 13.1 Å². The molecule has 0 unspecified atom stereocenters. The Kier molecular flexibility index (Phi) is 3.50. The highest BCUT2D eigenvalue weighted by Crippen LogP contribution is 2.48. The molecule has 102 valence electrons. The molecule has 0 atom stereocenters. The second-order valence-corrected chi connectivity index (χ2v) is 5.94. The van der Waals surface area contributed by atoms with Crippen LogP contribution in [-0.4, -0.2) is 34.9 Å². The lowest BCUT2D eigenvalue weighted by Crippen LogP contribution is -2.47. The van der Waals surface area contributed by atoms with Gasteiger partial charge in [-0.15, -0.1) is 0 Å². The number of rotatable bonds is 3. The predicted molar refractivity (Wildman–Crippen MR) is 69.2 cm³/mol. The first kappa shape index (κ1) is 13.2. The smallest absolute Gasteiger partial charge is 0.236 e. The van der Waals surface area contributed by atoms with E-state index in [4.69, 9.17) is 10.9 Å². The number of amides is 1. The molecule has 5 nitrogen and oxygen atoms in total. The predicted octanol–water partition coefficient (Wildman–Crippen LogP) is 1.41. The standard InChI is InChI=1S/C13H23N3O2/c1-9(2)10-3-7-16(8-4-10)12(17)13(5-6-13)11(14)15-18/h9-10,18H,3-8H2,1-2H3,(H2,14,15). The first-order valence-corrected chi connectivity index (χ1v) is 6.78. The van der Waals surface area contributed by atoms with E-state index in [9.17, 15) is 4.79 Å². The number of carbonyl (C=O) groups is 1. The molecule has 0 radical (unpaired) electrons. The zero-order chi connectivity index (χ0) is 13.3. The molecule has 0 aromatic rings. The van der Waals surface area contributed by atoms with E-state index in [1.807, 2.05) is 4.90 Å². The van der Waals surface area contributed by atoms with Gasteiger partial charge in [0.2, 0.25) is 5.91 Å². The van der Waals surface area contributed by atoms with Crippen molar-refractivity contribution in [1.82, 2.24) is 4.90 Å². The van der Waals surface area contributed by atoms with E-state index in [2.05, 4.69) is 19.0 Å². The molecular formula is C13H23N3O2. The van der Waals surface area contributed by atoms with Gasteiger partial charge in [-0.1, -0.05) is 19.0 Å². The molecule has 0 bridgehead atoms. The summed E-state index contributed by atoms with van der Waals surface area (Å²) in [4.78, 5) is 14.3. The van der Waals surface area contributed by atoms with Crippen LogP contribution < -0.4 is 5.73 Å². The maximum Gasteiger partial charge on any atom is 0.236 e. The topological polar surface area (TPSA) is 78.9 Å². The quantitative estimate of drug-likeness (QED) is 0.345. The van der Waals surface area contributed by atoms with E-state index in [0.717, 1.165) is 25.9 Å². The summed E-state index contributed by atoms with van der Waals surface area (Å²) in [7, 11) is 0. The molecule has 2 aliphatic rings. The van der Waals surface area contributed by atoms with Crippen LogP contribution in [-0.2, 0) is 4.79 Å². The number of nitrogens with zero attached hydrogens (tertiary/aromatic N) is 2. The van der Waals surface area contributed by atoms with Gasteiger partial charge in [0.25, 0.3) is 0 Å². The minimum atomic E-state index is -0.681. The largest absolute Gasteiger partial charge is 0.409 e. The van der Waals surface area contributed by atoms with Crippen molar-refractivity contribution >= 4 is 11.7 Å². The monoisotopic (exact) mass is 253 g/mol. The second kappa shape index (κ2) is 4.78. The summed E-state index contributed by atoms with van der Waals surface area (Å²) in [5, 5.41) is 11.8. The molecule has 1 saturated carbocycles. The minimum Gasteiger partial charge on any atom is -0.409 e. The van der Waals surface area contributed by atoms with E-state index < -0.39 is 5.41 Å². The van der Waals surface area contributed by atoms with Gasteiger partial charge >= 0.3 is 0 Å². The van der Waals surface area contributed by atoms with Crippen molar-refractivity contribution in [1.29, 1.82) is 0 Å². The minimum absolute atomic E-state index is 0.0556. The van der Waals surface area contributed by atoms with Crippen molar-refractivity contribution < 1.29 is 10.0 Å². The van der Waals surface area contributed by atoms with Crippen molar-refractivity contribution in [3.63, 3.8) is 0 Å². The SMILES string of the molecule is CC(C)C1CCN(C(=O)C2(C(N)=NO)CC2)CC1. The van der Waals surface area contributed by atoms with Crippen LogP contribution in [0.15, 0.2) is 5.16 Å². The first-order chi connectivity index (χ1) is 8.51. The fourth-order valence-electron chi connectivity index (χ4n) is 2.87. The van der Waals surface area contributed by atoms with Crippen LogP contribution in [0.2, 0.25) is 0 Å². The maximum absolute atomic E-state index is 12.4. The number of hydrogen-bond acceptors (Lipinski definition) is 3. The third-order valence-corrected chi connectivity index (χ3v) is 4.53. The number of carbonyl (C=O) groups excluding carboxylic acids is 1. The zero-order valence-corrected chi connectivity index (χ0v) is 11.2. The van der Waals surface area contributed by atoms with Crippen LogP contribution in [0.25, 0.3) is 0 Å². The molecule has 1 heterocycles. The van der Waals surface area contributed by atoms with Crippen LogP contribution in [0.4, 0.5) is 0 Å². The highest BCUT2D eigenvalue weighted by molar-refractivity contribution is 6.09. The zero-order valence-electron chi connectivity index (χ0n) is 11.2. The molecule has 1 aliphatic carbocycles. The van der Waals surface area contributed by atoms with Crippen molar-refractivity contribution in [3.05, 3.63) is 0 Å². The van der Waals surface area contributed by atoms with Gasteiger partial charge in [-0.05, 0) is 37.5 Å². The molecule has 1 amide bonds. The van der Waals surface area contributed by atoms with Crippen LogP contribution in [0.3, 0.4) is 0 Å². The lowest BCUT2D eigenvalue weighted by atomic mass is 9.86. The Morgan fingerprint density at radius 3 is 2.33 bits per heavy atom. The van der Waals surface area contributed by atoms with Gasteiger partial charge in [-0.3, -0.25) is 4.79 Å². The van der Waals surface area contributed by atoms with Crippen LogP contribution in [0, 0.1) is 17.3 Å². The highest BCUT2D eigenvalue weighted by Gasteiger charge is 2.56.